The summed E-state index contributed by atoms with van der Waals surface area (Å²) in [6.07, 6.45) is 2.96. The molecule has 1 fully saturated rings. The molecule has 22 heavy (non-hydrogen) atoms. The van der Waals surface area contributed by atoms with Gasteiger partial charge in [0.05, 0.1) is 11.1 Å². The quantitative estimate of drug-likeness (QED) is 0.908. The van der Waals surface area contributed by atoms with E-state index in [4.69, 9.17) is 9.57 Å². The van der Waals surface area contributed by atoms with Crippen LogP contribution in [0.15, 0.2) is 35.5 Å². The highest BCUT2D eigenvalue weighted by atomic mass is 16.6. The minimum atomic E-state index is -0.740. The maximum absolute atomic E-state index is 11.7. The van der Waals surface area contributed by atoms with Crippen LogP contribution in [0.5, 0.6) is 0 Å². The van der Waals surface area contributed by atoms with Crippen molar-refractivity contribution in [2.75, 3.05) is 13.2 Å². The predicted octanol–water partition coefficient (Wildman–Crippen LogP) is 2.65. The van der Waals surface area contributed by atoms with Crippen molar-refractivity contribution in [1.82, 2.24) is 0 Å². The topological polar surface area (TPSA) is 68.1 Å². The van der Waals surface area contributed by atoms with E-state index in [2.05, 4.69) is 17.3 Å². The maximum atomic E-state index is 11.7. The first kappa shape index (κ1) is 15.0. The summed E-state index contributed by atoms with van der Waals surface area (Å²) in [5.74, 6) is -0.740. The Morgan fingerprint density at radius 2 is 2.00 bits per heavy atom. The van der Waals surface area contributed by atoms with Gasteiger partial charge in [-0.1, -0.05) is 35.5 Å². The average Bonchev–Trinajstić information content (AvgIpc) is 2.96. The van der Waals surface area contributed by atoms with Crippen LogP contribution in [0.25, 0.3) is 0 Å². The lowest BCUT2D eigenvalue weighted by atomic mass is 9.75. The van der Waals surface area contributed by atoms with E-state index in [1.54, 1.807) is 0 Å². The lowest BCUT2D eigenvalue weighted by Gasteiger charge is -2.34. The maximum Gasteiger partial charge on any atom is 0.309 e. The second-order valence-electron chi connectivity index (χ2n) is 6.15. The van der Waals surface area contributed by atoms with Gasteiger partial charge in [-0.15, -0.1) is 0 Å². The van der Waals surface area contributed by atoms with Gasteiger partial charge in [-0.2, -0.15) is 0 Å². The number of rotatable bonds is 5. The standard InChI is InChI=1S/C17H21NO4/c19-16(20)17(6-8-21-9-7-17)12-15-11-14(18-22-15)10-13-4-2-1-3-5-13/h1-5,15H,6-12H2,(H,19,20). The summed E-state index contributed by atoms with van der Waals surface area (Å²) in [4.78, 5) is 17.2. The second-order valence-corrected chi connectivity index (χ2v) is 6.15. The van der Waals surface area contributed by atoms with Crippen LogP contribution in [0.2, 0.25) is 0 Å². The van der Waals surface area contributed by atoms with E-state index in [0.29, 0.717) is 38.9 Å². The van der Waals surface area contributed by atoms with E-state index >= 15 is 0 Å². The van der Waals surface area contributed by atoms with Gasteiger partial charge >= 0.3 is 5.97 Å². The van der Waals surface area contributed by atoms with Crippen LogP contribution >= 0.6 is 0 Å². The molecule has 0 radical (unpaired) electrons. The molecular formula is C17H21NO4. The normalized spacial score (nSPS) is 23.6. The zero-order valence-corrected chi connectivity index (χ0v) is 12.5. The van der Waals surface area contributed by atoms with Crippen molar-refractivity contribution in [2.45, 2.75) is 38.2 Å². The molecule has 0 aromatic heterocycles. The largest absolute Gasteiger partial charge is 0.481 e. The number of carbonyl (C=O) groups is 1. The Bertz CT molecular complexity index is 549. The molecule has 1 saturated heterocycles. The second kappa shape index (κ2) is 6.48. The Hall–Kier alpha value is -1.88. The molecule has 5 nitrogen and oxygen atoms in total. The lowest BCUT2D eigenvalue weighted by Crippen LogP contribution is -2.40. The summed E-state index contributed by atoms with van der Waals surface area (Å²) in [7, 11) is 0. The molecule has 2 aliphatic heterocycles. The molecule has 1 atom stereocenters. The van der Waals surface area contributed by atoms with Gasteiger partial charge in [-0.05, 0) is 18.4 Å². The molecule has 1 aromatic carbocycles. The van der Waals surface area contributed by atoms with Crippen molar-refractivity contribution >= 4 is 11.7 Å². The van der Waals surface area contributed by atoms with Gasteiger partial charge < -0.3 is 14.7 Å². The highest BCUT2D eigenvalue weighted by Crippen LogP contribution is 2.38. The van der Waals surface area contributed by atoms with Crippen LogP contribution in [0.4, 0.5) is 0 Å². The first-order valence-corrected chi connectivity index (χ1v) is 7.75. The monoisotopic (exact) mass is 303 g/mol. The molecule has 0 spiro atoms. The summed E-state index contributed by atoms with van der Waals surface area (Å²) in [6, 6.07) is 10.1. The first-order valence-electron chi connectivity index (χ1n) is 7.75. The molecule has 5 heteroatoms. The van der Waals surface area contributed by atoms with Crippen molar-refractivity contribution in [1.29, 1.82) is 0 Å². The van der Waals surface area contributed by atoms with E-state index in [0.717, 1.165) is 12.1 Å². The number of carboxylic acid groups (broad SMARTS) is 1. The van der Waals surface area contributed by atoms with E-state index in [1.807, 2.05) is 18.2 Å². The van der Waals surface area contributed by atoms with Gasteiger partial charge in [0.15, 0.2) is 0 Å². The molecule has 2 aliphatic rings. The smallest absolute Gasteiger partial charge is 0.309 e. The SMILES string of the molecule is O=C(O)C1(CC2CC(Cc3ccccc3)=NO2)CCOCC1. The molecule has 1 N–H and O–H groups in total. The average molecular weight is 303 g/mol. The number of nitrogens with zero attached hydrogens (tertiary/aromatic N) is 1. The molecule has 1 unspecified atom stereocenters. The van der Waals surface area contributed by atoms with Gasteiger partial charge in [0, 0.05) is 32.5 Å². The number of ether oxygens (including phenoxy) is 1. The van der Waals surface area contributed by atoms with E-state index in [-0.39, 0.29) is 6.10 Å². The summed E-state index contributed by atoms with van der Waals surface area (Å²) in [6.45, 7) is 1.02. The summed E-state index contributed by atoms with van der Waals surface area (Å²) in [5, 5.41) is 13.8. The Balaban J connectivity index is 1.58. The molecule has 118 valence electrons. The third-order valence-electron chi connectivity index (χ3n) is 4.57. The van der Waals surface area contributed by atoms with E-state index < -0.39 is 11.4 Å². The van der Waals surface area contributed by atoms with Crippen molar-refractivity contribution < 1.29 is 19.5 Å². The number of carboxylic acids is 1. The molecule has 0 bridgehead atoms. The number of oxime groups is 1. The van der Waals surface area contributed by atoms with Gasteiger partial charge in [-0.3, -0.25) is 4.79 Å². The Morgan fingerprint density at radius 1 is 1.27 bits per heavy atom. The van der Waals surface area contributed by atoms with Gasteiger partial charge in [0.1, 0.15) is 6.10 Å². The number of aliphatic carboxylic acids is 1. The molecule has 2 heterocycles. The fourth-order valence-electron chi connectivity index (χ4n) is 3.24. The van der Waals surface area contributed by atoms with Gasteiger partial charge in [0.2, 0.25) is 0 Å². The van der Waals surface area contributed by atoms with Crippen LogP contribution in [0, 0.1) is 5.41 Å². The summed E-state index contributed by atoms with van der Waals surface area (Å²) < 4.78 is 5.31. The van der Waals surface area contributed by atoms with Gasteiger partial charge in [0.25, 0.3) is 0 Å². The lowest BCUT2D eigenvalue weighted by molar-refractivity contribution is -0.158. The zero-order valence-electron chi connectivity index (χ0n) is 12.5. The van der Waals surface area contributed by atoms with Crippen LogP contribution < -0.4 is 0 Å². The van der Waals surface area contributed by atoms with Crippen molar-refractivity contribution in [3.05, 3.63) is 35.9 Å². The fourth-order valence-corrected chi connectivity index (χ4v) is 3.24. The third kappa shape index (κ3) is 3.30. The Kier molecular flexibility index (Phi) is 4.43. The predicted molar refractivity (Wildman–Crippen MR) is 81.8 cm³/mol. The number of hydrogen-bond acceptors (Lipinski definition) is 4. The molecule has 0 amide bonds. The van der Waals surface area contributed by atoms with Crippen LogP contribution in [0.3, 0.4) is 0 Å². The highest BCUT2D eigenvalue weighted by molar-refractivity contribution is 5.87. The highest BCUT2D eigenvalue weighted by Gasteiger charge is 2.43. The molecule has 0 aliphatic carbocycles. The summed E-state index contributed by atoms with van der Waals surface area (Å²) >= 11 is 0. The zero-order chi connectivity index (χ0) is 15.4. The molecule has 0 saturated carbocycles. The Morgan fingerprint density at radius 3 is 2.68 bits per heavy atom. The van der Waals surface area contributed by atoms with Gasteiger partial charge in [-0.25, -0.2) is 0 Å². The molecular weight excluding hydrogens is 282 g/mol. The van der Waals surface area contributed by atoms with Crippen molar-refractivity contribution in [3.8, 4) is 0 Å². The first-order chi connectivity index (χ1) is 10.7. The van der Waals surface area contributed by atoms with Crippen LogP contribution in [0.1, 0.15) is 31.2 Å². The summed E-state index contributed by atoms with van der Waals surface area (Å²) in [5.41, 5.74) is 1.47. The fraction of sp³-hybridized carbons (Fsp3) is 0.529. The minimum absolute atomic E-state index is 0.132. The van der Waals surface area contributed by atoms with E-state index in [9.17, 15) is 9.90 Å². The van der Waals surface area contributed by atoms with Crippen molar-refractivity contribution in [3.63, 3.8) is 0 Å². The third-order valence-corrected chi connectivity index (χ3v) is 4.57. The molecule has 3 rings (SSSR count). The van der Waals surface area contributed by atoms with E-state index in [1.165, 1.54) is 5.56 Å². The Labute approximate surface area is 129 Å². The van der Waals surface area contributed by atoms with Crippen molar-refractivity contribution in [2.24, 2.45) is 10.6 Å². The van der Waals surface area contributed by atoms with Crippen LogP contribution in [-0.4, -0.2) is 36.1 Å². The van der Waals surface area contributed by atoms with Crippen LogP contribution in [-0.2, 0) is 20.8 Å². The number of benzene rings is 1. The molecule has 1 aromatic rings. The minimum Gasteiger partial charge on any atom is -0.481 e. The number of hydrogen-bond donors (Lipinski definition) is 1.